The molecule has 0 aliphatic carbocycles. The summed E-state index contributed by atoms with van der Waals surface area (Å²) in [5, 5.41) is 0. The fraction of sp³-hybridized carbons (Fsp3) is 0.400. The zero-order valence-corrected chi connectivity index (χ0v) is 10.9. The van der Waals surface area contributed by atoms with Crippen molar-refractivity contribution in [1.82, 2.24) is 4.31 Å². The van der Waals surface area contributed by atoms with Crippen LogP contribution < -0.4 is 11.3 Å². The van der Waals surface area contributed by atoms with Gasteiger partial charge in [0.05, 0.1) is 5.69 Å². The largest absolute Gasteiger partial charge is 0.323 e. The molecule has 1 aliphatic rings. The Morgan fingerprint density at radius 3 is 2.53 bits per heavy atom. The quantitative estimate of drug-likeness (QED) is 0.626. The Labute approximate surface area is 105 Å². The van der Waals surface area contributed by atoms with Gasteiger partial charge in [-0.1, -0.05) is 12.1 Å². The lowest BCUT2D eigenvalue weighted by Gasteiger charge is -2.26. The first-order valence-electron chi connectivity index (χ1n) is 5.30. The summed E-state index contributed by atoms with van der Waals surface area (Å²) in [5.41, 5.74) is 2.87. The molecular formula is C10H15N3O2S2. The van der Waals surface area contributed by atoms with E-state index in [0.717, 1.165) is 11.5 Å². The van der Waals surface area contributed by atoms with Gasteiger partial charge in [0, 0.05) is 24.6 Å². The number of anilines is 1. The van der Waals surface area contributed by atoms with Crippen molar-refractivity contribution in [3.8, 4) is 0 Å². The Bertz CT molecular complexity index is 484. The average molecular weight is 273 g/mol. The van der Waals surface area contributed by atoms with Gasteiger partial charge in [-0.2, -0.15) is 16.1 Å². The van der Waals surface area contributed by atoms with Gasteiger partial charge in [-0.05, 0) is 12.1 Å². The summed E-state index contributed by atoms with van der Waals surface area (Å²) in [6.07, 6.45) is 0. The van der Waals surface area contributed by atoms with E-state index in [1.54, 1.807) is 36.0 Å². The highest BCUT2D eigenvalue weighted by Gasteiger charge is 2.27. The summed E-state index contributed by atoms with van der Waals surface area (Å²) in [4.78, 5) is 0.245. The number of nitrogens with one attached hydrogen (secondary N) is 1. The van der Waals surface area contributed by atoms with Crippen molar-refractivity contribution in [2.45, 2.75) is 4.90 Å². The maximum Gasteiger partial charge on any atom is 0.245 e. The number of hydrogen-bond donors (Lipinski definition) is 2. The van der Waals surface area contributed by atoms with Gasteiger partial charge in [-0.15, -0.1) is 0 Å². The Morgan fingerprint density at radius 1 is 1.24 bits per heavy atom. The Hall–Kier alpha value is -0.760. The van der Waals surface area contributed by atoms with Crippen molar-refractivity contribution in [3.05, 3.63) is 24.3 Å². The number of hydrazine groups is 1. The van der Waals surface area contributed by atoms with E-state index in [9.17, 15) is 8.42 Å². The molecule has 1 heterocycles. The van der Waals surface area contributed by atoms with Crippen LogP contribution in [0.2, 0.25) is 0 Å². The first-order chi connectivity index (χ1) is 8.16. The zero-order valence-electron chi connectivity index (χ0n) is 9.30. The Balaban J connectivity index is 2.36. The molecule has 1 aliphatic heterocycles. The molecule has 5 nitrogen and oxygen atoms in total. The van der Waals surface area contributed by atoms with Crippen LogP contribution in [0.25, 0.3) is 0 Å². The van der Waals surface area contributed by atoms with E-state index in [4.69, 9.17) is 5.84 Å². The first-order valence-corrected chi connectivity index (χ1v) is 7.89. The minimum absolute atomic E-state index is 0.245. The van der Waals surface area contributed by atoms with Gasteiger partial charge in [0.15, 0.2) is 0 Å². The molecule has 0 atom stereocenters. The number of benzene rings is 1. The standard InChI is InChI=1S/C10H15N3O2S2/c11-12-9-3-1-2-4-10(9)17(14,15)13-5-7-16-8-6-13/h1-4,12H,5-8,11H2. The maximum atomic E-state index is 12.4. The van der Waals surface area contributed by atoms with E-state index in [2.05, 4.69) is 5.43 Å². The number of hydrogen-bond acceptors (Lipinski definition) is 5. The van der Waals surface area contributed by atoms with Crippen molar-refractivity contribution in [2.24, 2.45) is 5.84 Å². The number of sulfonamides is 1. The predicted octanol–water partition coefficient (Wildman–Crippen LogP) is 0.710. The second-order valence-corrected chi connectivity index (χ2v) is 6.79. The van der Waals surface area contributed by atoms with Crippen LogP contribution in [0, 0.1) is 0 Å². The molecule has 94 valence electrons. The third-order valence-corrected chi connectivity index (χ3v) is 5.53. The van der Waals surface area contributed by atoms with Crippen LogP contribution in [0.1, 0.15) is 0 Å². The lowest BCUT2D eigenvalue weighted by Crippen LogP contribution is -2.38. The molecular weight excluding hydrogens is 258 g/mol. The second kappa shape index (κ2) is 5.26. The van der Waals surface area contributed by atoms with Crippen LogP contribution in [-0.4, -0.2) is 37.3 Å². The van der Waals surface area contributed by atoms with E-state index in [-0.39, 0.29) is 4.90 Å². The topological polar surface area (TPSA) is 75.4 Å². The Morgan fingerprint density at radius 2 is 1.88 bits per heavy atom. The van der Waals surface area contributed by atoms with Crippen molar-refractivity contribution >= 4 is 27.5 Å². The molecule has 17 heavy (non-hydrogen) atoms. The number of nitrogens with two attached hydrogens (primary N) is 1. The molecule has 1 aromatic rings. The second-order valence-electron chi connectivity index (χ2n) is 3.66. The fourth-order valence-corrected chi connectivity index (χ4v) is 4.47. The highest BCUT2D eigenvalue weighted by Crippen LogP contribution is 2.25. The van der Waals surface area contributed by atoms with Crippen molar-refractivity contribution in [2.75, 3.05) is 30.0 Å². The van der Waals surface area contributed by atoms with Crippen LogP contribution >= 0.6 is 11.8 Å². The summed E-state index contributed by atoms with van der Waals surface area (Å²) in [5.74, 6) is 7.03. The molecule has 7 heteroatoms. The summed E-state index contributed by atoms with van der Waals surface area (Å²) < 4.78 is 26.3. The van der Waals surface area contributed by atoms with Crippen LogP contribution in [-0.2, 0) is 10.0 Å². The van der Waals surface area contributed by atoms with Gasteiger partial charge in [-0.25, -0.2) is 8.42 Å². The van der Waals surface area contributed by atoms with Gasteiger partial charge < -0.3 is 5.43 Å². The summed E-state index contributed by atoms with van der Waals surface area (Å²) in [6.45, 7) is 1.12. The van der Waals surface area contributed by atoms with Gasteiger partial charge in [0.25, 0.3) is 0 Å². The molecule has 0 saturated carbocycles. The molecule has 0 unspecified atom stereocenters. The minimum atomic E-state index is -3.43. The van der Waals surface area contributed by atoms with E-state index in [0.29, 0.717) is 18.8 Å². The van der Waals surface area contributed by atoms with Crippen molar-refractivity contribution in [3.63, 3.8) is 0 Å². The number of nitrogen functional groups attached to an aromatic ring is 1. The number of nitrogens with zero attached hydrogens (tertiary/aromatic N) is 1. The molecule has 0 bridgehead atoms. The third-order valence-electron chi connectivity index (χ3n) is 2.63. The lowest BCUT2D eigenvalue weighted by atomic mass is 10.3. The molecule has 3 N–H and O–H groups in total. The minimum Gasteiger partial charge on any atom is -0.323 e. The molecule has 1 saturated heterocycles. The van der Waals surface area contributed by atoms with Crippen LogP contribution in [0.4, 0.5) is 5.69 Å². The number of thioether (sulfide) groups is 1. The predicted molar refractivity (Wildman–Crippen MR) is 70.3 cm³/mol. The SMILES string of the molecule is NNc1ccccc1S(=O)(=O)N1CCSCC1. The number of rotatable bonds is 3. The zero-order chi connectivity index (χ0) is 12.3. The molecule has 1 aromatic carbocycles. The average Bonchev–Trinajstić information content (AvgIpc) is 2.39. The third kappa shape index (κ3) is 2.57. The van der Waals surface area contributed by atoms with E-state index < -0.39 is 10.0 Å². The highest BCUT2D eigenvalue weighted by molar-refractivity contribution is 7.99. The Kier molecular flexibility index (Phi) is 3.93. The van der Waals surface area contributed by atoms with Gasteiger partial charge in [0.2, 0.25) is 10.0 Å². The molecule has 0 radical (unpaired) electrons. The fourth-order valence-electron chi connectivity index (χ4n) is 1.74. The molecule has 1 fully saturated rings. The summed E-state index contributed by atoms with van der Waals surface area (Å²) in [7, 11) is -3.43. The van der Waals surface area contributed by atoms with Crippen LogP contribution in [0.5, 0.6) is 0 Å². The molecule has 0 aromatic heterocycles. The first kappa shape index (κ1) is 12.7. The van der Waals surface area contributed by atoms with E-state index in [1.165, 1.54) is 4.31 Å². The van der Waals surface area contributed by atoms with Crippen molar-refractivity contribution < 1.29 is 8.42 Å². The summed E-state index contributed by atoms with van der Waals surface area (Å²) in [6, 6.07) is 6.69. The van der Waals surface area contributed by atoms with Crippen LogP contribution in [0.3, 0.4) is 0 Å². The molecule has 2 rings (SSSR count). The monoisotopic (exact) mass is 273 g/mol. The smallest absolute Gasteiger partial charge is 0.245 e. The highest BCUT2D eigenvalue weighted by atomic mass is 32.2. The van der Waals surface area contributed by atoms with Gasteiger partial charge >= 0.3 is 0 Å². The number of para-hydroxylation sites is 1. The molecule has 0 spiro atoms. The molecule has 0 amide bonds. The van der Waals surface area contributed by atoms with E-state index >= 15 is 0 Å². The van der Waals surface area contributed by atoms with Crippen molar-refractivity contribution in [1.29, 1.82) is 0 Å². The lowest BCUT2D eigenvalue weighted by molar-refractivity contribution is 0.444. The normalized spacial score (nSPS) is 17.9. The van der Waals surface area contributed by atoms with Gasteiger partial charge in [-0.3, -0.25) is 5.84 Å². The van der Waals surface area contributed by atoms with E-state index in [1.807, 2.05) is 0 Å². The maximum absolute atomic E-state index is 12.4. The summed E-state index contributed by atoms with van der Waals surface area (Å²) >= 11 is 1.77. The van der Waals surface area contributed by atoms with Crippen LogP contribution in [0.15, 0.2) is 29.2 Å². The van der Waals surface area contributed by atoms with Gasteiger partial charge in [0.1, 0.15) is 4.90 Å².